The predicted octanol–water partition coefficient (Wildman–Crippen LogP) is -1.89. The highest BCUT2D eigenvalue weighted by atomic mass is 15.4. The third-order valence-electron chi connectivity index (χ3n) is 2.38. The minimum Gasteiger partial charge on any atom is -0.412 e. The molecule has 0 saturated carbocycles. The van der Waals surface area contributed by atoms with Gasteiger partial charge in [0.2, 0.25) is 13.9 Å². The number of hydrogen-bond acceptors (Lipinski definition) is 4. The molecule has 0 spiro atoms. The van der Waals surface area contributed by atoms with Crippen molar-refractivity contribution in [3.05, 3.63) is 44.0 Å². The number of nitrogens with zero attached hydrogens (tertiary/aromatic N) is 8. The van der Waals surface area contributed by atoms with Gasteiger partial charge in [-0.3, -0.25) is 0 Å². The van der Waals surface area contributed by atoms with E-state index in [1.807, 2.05) is 42.0 Å². The third-order valence-corrected chi connectivity index (χ3v) is 2.38. The second-order valence-electron chi connectivity index (χ2n) is 4.08. The molecule has 8 nitrogen and oxygen atoms in total. The fourth-order valence-corrected chi connectivity index (χ4v) is 1.53. The molecule has 0 fully saturated rings. The second-order valence-corrected chi connectivity index (χ2v) is 4.08. The zero-order chi connectivity index (χ0) is 12.8. The van der Waals surface area contributed by atoms with Gasteiger partial charge in [0.1, 0.15) is 25.0 Å². The quantitative estimate of drug-likeness (QED) is 0.392. The summed E-state index contributed by atoms with van der Waals surface area (Å²) in [6.45, 7) is 0. The standard InChI is InChI=1S/C5H9N2.C4H6BN6/c1-6-3-4-7(2)5-6;1-6-3-10(8-1)5-11-4-7-2-9-11/h3-5H,1-2H3;1-4H,5H2/q+1;-1. The molecule has 0 atom stereocenters. The smallest absolute Gasteiger partial charge is 0.243 e. The summed E-state index contributed by atoms with van der Waals surface area (Å²) in [5.41, 5.74) is 0. The molecule has 0 bridgehead atoms. The van der Waals surface area contributed by atoms with Crippen LogP contribution in [0, 0.1) is 0 Å². The van der Waals surface area contributed by atoms with E-state index in [4.69, 9.17) is 0 Å². The summed E-state index contributed by atoms with van der Waals surface area (Å²) in [7, 11) is 3.46. The minimum absolute atomic E-state index is 0.542. The van der Waals surface area contributed by atoms with E-state index in [-0.39, 0.29) is 0 Å². The van der Waals surface area contributed by atoms with E-state index in [0.717, 1.165) is 0 Å². The van der Waals surface area contributed by atoms with Gasteiger partial charge in [0.25, 0.3) is 0 Å². The molecule has 0 N–H and O–H groups in total. The van der Waals surface area contributed by atoms with E-state index in [1.165, 1.54) is 12.7 Å². The van der Waals surface area contributed by atoms with E-state index in [0.29, 0.717) is 0 Å². The summed E-state index contributed by atoms with van der Waals surface area (Å²) in [4.78, 5) is 7.65. The molecular weight excluding hydrogens is 231 g/mol. The van der Waals surface area contributed by atoms with E-state index in [2.05, 4.69) is 20.2 Å². The van der Waals surface area contributed by atoms with Crippen LogP contribution < -0.4 is 4.57 Å². The lowest BCUT2D eigenvalue weighted by atomic mass is 10.2. The summed E-state index contributed by atoms with van der Waals surface area (Å²) >= 11 is 0. The summed E-state index contributed by atoms with van der Waals surface area (Å²) in [6.07, 6.45) is 12.4. The Kier molecular flexibility index (Phi) is 3.84. The van der Waals surface area contributed by atoms with Gasteiger partial charge in [0.15, 0.2) is 0 Å². The van der Waals surface area contributed by atoms with Crippen molar-refractivity contribution in [2.75, 3.05) is 0 Å². The van der Waals surface area contributed by atoms with Crippen LogP contribution in [0.1, 0.15) is 0 Å². The van der Waals surface area contributed by atoms with Gasteiger partial charge >= 0.3 is 0 Å². The van der Waals surface area contributed by atoms with Crippen LogP contribution >= 0.6 is 0 Å². The largest absolute Gasteiger partial charge is 0.412 e. The van der Waals surface area contributed by atoms with Gasteiger partial charge in [-0.1, -0.05) is 0 Å². The van der Waals surface area contributed by atoms with E-state index in [1.54, 1.807) is 21.8 Å². The Balaban J connectivity index is 0.000000149. The predicted molar refractivity (Wildman–Crippen MR) is 66.0 cm³/mol. The highest BCUT2D eigenvalue weighted by Gasteiger charge is 1.87. The molecule has 18 heavy (non-hydrogen) atoms. The van der Waals surface area contributed by atoms with Crippen molar-refractivity contribution >= 4 is 7.55 Å². The first-order chi connectivity index (χ1) is 8.74. The summed E-state index contributed by atoms with van der Waals surface area (Å²) in [5, 5.41) is 7.93. The first kappa shape index (κ1) is 12.0. The first-order valence-electron chi connectivity index (χ1n) is 5.62. The average molecular weight is 246 g/mol. The summed E-state index contributed by atoms with van der Waals surface area (Å²) < 4.78 is 7.57. The number of rotatable bonds is 2. The van der Waals surface area contributed by atoms with Gasteiger partial charge in [0.05, 0.1) is 26.7 Å². The molecule has 0 aromatic carbocycles. The number of imidazole rings is 1. The molecule has 3 rings (SSSR count). The summed E-state index contributed by atoms with van der Waals surface area (Å²) in [6, 6.07) is 0. The summed E-state index contributed by atoms with van der Waals surface area (Å²) in [5.74, 6) is 0. The fourth-order valence-electron chi connectivity index (χ4n) is 1.53. The van der Waals surface area contributed by atoms with Crippen LogP contribution in [0.2, 0.25) is 0 Å². The number of aryl methyl sites for hydroxylation is 2. The number of aromatic nitrogens is 8. The lowest BCUT2D eigenvalue weighted by Gasteiger charge is -2.06. The molecule has 3 heterocycles. The lowest BCUT2D eigenvalue weighted by Crippen LogP contribution is -2.23. The Morgan fingerprint density at radius 3 is 1.94 bits per heavy atom. The van der Waals surface area contributed by atoms with Crippen molar-refractivity contribution in [3.8, 4) is 0 Å². The lowest BCUT2D eigenvalue weighted by molar-refractivity contribution is -0.670. The van der Waals surface area contributed by atoms with Gasteiger partial charge in [-0.05, 0) is 0 Å². The van der Waals surface area contributed by atoms with Crippen molar-refractivity contribution in [1.29, 1.82) is 0 Å². The second kappa shape index (κ2) is 5.76. The zero-order valence-electron chi connectivity index (χ0n) is 10.6. The Morgan fingerprint density at radius 1 is 1.06 bits per heavy atom. The van der Waals surface area contributed by atoms with Gasteiger partial charge in [0, 0.05) is 0 Å². The molecular formula is C9H15BN8. The van der Waals surface area contributed by atoms with Crippen molar-refractivity contribution in [3.63, 3.8) is 0 Å². The maximum absolute atomic E-state index is 3.96. The molecule has 0 amide bonds. The van der Waals surface area contributed by atoms with Gasteiger partial charge < -0.3 is 9.19 Å². The van der Waals surface area contributed by atoms with Crippen molar-refractivity contribution in [2.45, 2.75) is 0 Å². The highest BCUT2D eigenvalue weighted by molar-refractivity contribution is 6.30. The molecule has 0 saturated heterocycles. The van der Waals surface area contributed by atoms with Crippen molar-refractivity contribution in [1.82, 2.24) is 33.9 Å². The van der Waals surface area contributed by atoms with Gasteiger partial charge in [-0.15, -0.1) is 0 Å². The Bertz CT molecular complexity index is 506. The fraction of sp³-hybridized carbons (Fsp3) is 0.222. The molecule has 0 unspecified atom stereocenters. The SMILES string of the molecule is Cn1cc[n+](C)c1.[BH2-](n1cncn1)n1cncn1. The van der Waals surface area contributed by atoms with Crippen LogP contribution in [0.5, 0.6) is 0 Å². The Labute approximate surface area is 105 Å². The molecule has 0 radical (unpaired) electrons. The van der Waals surface area contributed by atoms with Crippen LogP contribution in [0.25, 0.3) is 0 Å². The first-order valence-corrected chi connectivity index (χ1v) is 5.62. The maximum Gasteiger partial charge on any atom is 0.243 e. The topological polar surface area (TPSA) is 70.2 Å². The van der Waals surface area contributed by atoms with Gasteiger partial charge in [-0.25, -0.2) is 29.3 Å². The Hall–Kier alpha value is -2.45. The molecule has 0 aliphatic heterocycles. The van der Waals surface area contributed by atoms with Crippen LogP contribution in [-0.4, -0.2) is 41.5 Å². The third kappa shape index (κ3) is 3.54. The zero-order valence-corrected chi connectivity index (χ0v) is 10.6. The highest BCUT2D eigenvalue weighted by Crippen LogP contribution is 1.77. The normalized spacial score (nSPS) is 9.89. The maximum atomic E-state index is 3.96. The molecule has 94 valence electrons. The molecule has 9 heteroatoms. The van der Waals surface area contributed by atoms with Crippen LogP contribution in [-0.2, 0) is 14.1 Å². The molecule has 0 aliphatic rings. The van der Waals surface area contributed by atoms with Gasteiger partial charge in [-0.2, -0.15) is 0 Å². The minimum atomic E-state index is -0.542. The van der Waals surface area contributed by atoms with E-state index >= 15 is 0 Å². The van der Waals surface area contributed by atoms with Crippen molar-refractivity contribution in [2.24, 2.45) is 14.1 Å². The van der Waals surface area contributed by atoms with Crippen molar-refractivity contribution < 1.29 is 4.57 Å². The molecule has 3 aromatic heterocycles. The molecule has 3 aromatic rings. The molecule has 0 aliphatic carbocycles. The van der Waals surface area contributed by atoms with E-state index < -0.39 is 7.55 Å². The average Bonchev–Trinajstić information content (AvgIpc) is 3.05. The van der Waals surface area contributed by atoms with Crippen LogP contribution in [0.15, 0.2) is 44.0 Å². The Morgan fingerprint density at radius 2 is 1.67 bits per heavy atom. The van der Waals surface area contributed by atoms with E-state index in [9.17, 15) is 0 Å². The van der Waals surface area contributed by atoms with Crippen LogP contribution in [0.4, 0.5) is 0 Å². The number of hydrogen-bond donors (Lipinski definition) is 0. The monoisotopic (exact) mass is 246 g/mol. The van der Waals surface area contributed by atoms with Crippen LogP contribution in [0.3, 0.4) is 0 Å².